The Labute approximate surface area is 142 Å². The molecule has 7 heteroatoms. The Morgan fingerprint density at radius 3 is 2.58 bits per heavy atom. The predicted octanol–water partition coefficient (Wildman–Crippen LogP) is 1.04. The predicted molar refractivity (Wildman–Crippen MR) is 91.2 cm³/mol. The minimum Gasteiger partial charge on any atom is -0.454 e. The maximum absolute atomic E-state index is 11.4. The second-order valence-corrected chi connectivity index (χ2v) is 5.85. The lowest BCUT2D eigenvalue weighted by molar-refractivity contribution is -0.130. The molecule has 1 amide bonds. The molecule has 1 fully saturated rings. The van der Waals surface area contributed by atoms with E-state index in [4.69, 9.17) is 14.5 Å². The third kappa shape index (κ3) is 3.72. The number of rotatable bonds is 3. The summed E-state index contributed by atoms with van der Waals surface area (Å²) in [5, 5.41) is 3.34. The molecule has 130 valence electrons. The quantitative estimate of drug-likeness (QED) is 0.662. The highest BCUT2D eigenvalue weighted by Gasteiger charge is 2.21. The van der Waals surface area contributed by atoms with Crippen molar-refractivity contribution in [2.24, 2.45) is 4.99 Å². The van der Waals surface area contributed by atoms with Gasteiger partial charge >= 0.3 is 0 Å². The molecule has 0 radical (unpaired) electrons. The lowest BCUT2D eigenvalue weighted by atomic mass is 10.2. The summed E-state index contributed by atoms with van der Waals surface area (Å²) < 4.78 is 10.7. The monoisotopic (exact) mass is 332 g/mol. The van der Waals surface area contributed by atoms with Gasteiger partial charge in [0.2, 0.25) is 12.7 Å². The molecular formula is C17H24N4O3. The van der Waals surface area contributed by atoms with Crippen LogP contribution in [0.25, 0.3) is 0 Å². The number of nitrogens with one attached hydrogen (secondary N) is 1. The number of guanidine groups is 1. The SMILES string of the molecule is CCNC(=NCc1ccc2c(c1)OCO2)N1CCN(C(C)=O)CC1. The van der Waals surface area contributed by atoms with Crippen molar-refractivity contribution < 1.29 is 14.3 Å². The van der Waals surface area contributed by atoms with Crippen molar-refractivity contribution in [1.82, 2.24) is 15.1 Å². The zero-order valence-electron chi connectivity index (χ0n) is 14.2. The second-order valence-electron chi connectivity index (χ2n) is 5.85. The van der Waals surface area contributed by atoms with Gasteiger partial charge in [0, 0.05) is 39.6 Å². The Balaban J connectivity index is 1.64. The first-order chi connectivity index (χ1) is 11.7. The number of piperazine rings is 1. The number of amides is 1. The minimum atomic E-state index is 0.136. The highest BCUT2D eigenvalue weighted by molar-refractivity contribution is 5.80. The normalized spacial score (nSPS) is 17.2. The molecule has 2 aliphatic rings. The number of benzene rings is 1. The summed E-state index contributed by atoms with van der Waals surface area (Å²) in [6.07, 6.45) is 0. The molecule has 24 heavy (non-hydrogen) atoms. The Morgan fingerprint density at radius 1 is 1.17 bits per heavy atom. The van der Waals surface area contributed by atoms with Gasteiger partial charge in [-0.2, -0.15) is 0 Å². The maximum atomic E-state index is 11.4. The third-order valence-electron chi connectivity index (χ3n) is 4.21. The molecule has 0 aliphatic carbocycles. The van der Waals surface area contributed by atoms with Crippen LogP contribution in [0, 0.1) is 0 Å². The number of fused-ring (bicyclic) bond motifs is 1. The molecule has 0 aromatic heterocycles. The molecule has 7 nitrogen and oxygen atoms in total. The molecule has 1 aromatic carbocycles. The highest BCUT2D eigenvalue weighted by atomic mass is 16.7. The first kappa shape index (κ1) is 16.4. The van der Waals surface area contributed by atoms with Gasteiger partial charge in [0.1, 0.15) is 0 Å². The van der Waals surface area contributed by atoms with Crippen LogP contribution in [-0.4, -0.2) is 61.2 Å². The smallest absolute Gasteiger partial charge is 0.231 e. The molecular weight excluding hydrogens is 308 g/mol. The van der Waals surface area contributed by atoms with E-state index in [2.05, 4.69) is 17.1 Å². The van der Waals surface area contributed by atoms with Gasteiger partial charge in [-0.25, -0.2) is 4.99 Å². The van der Waals surface area contributed by atoms with Crippen LogP contribution in [0.2, 0.25) is 0 Å². The van der Waals surface area contributed by atoms with Crippen LogP contribution >= 0.6 is 0 Å². The van der Waals surface area contributed by atoms with E-state index in [1.165, 1.54) is 0 Å². The van der Waals surface area contributed by atoms with Crippen molar-refractivity contribution in [2.75, 3.05) is 39.5 Å². The van der Waals surface area contributed by atoms with Crippen LogP contribution in [0.4, 0.5) is 0 Å². The van der Waals surface area contributed by atoms with Crippen molar-refractivity contribution in [1.29, 1.82) is 0 Å². The van der Waals surface area contributed by atoms with Crippen molar-refractivity contribution in [2.45, 2.75) is 20.4 Å². The average Bonchev–Trinajstić information content (AvgIpc) is 3.06. The summed E-state index contributed by atoms with van der Waals surface area (Å²) in [5.41, 5.74) is 1.08. The van der Waals surface area contributed by atoms with E-state index in [0.29, 0.717) is 6.54 Å². The van der Waals surface area contributed by atoms with E-state index >= 15 is 0 Å². The molecule has 2 heterocycles. The molecule has 0 bridgehead atoms. The minimum absolute atomic E-state index is 0.136. The van der Waals surface area contributed by atoms with Gasteiger partial charge in [-0.05, 0) is 24.6 Å². The van der Waals surface area contributed by atoms with Gasteiger partial charge < -0.3 is 24.6 Å². The fourth-order valence-electron chi connectivity index (χ4n) is 2.86. The van der Waals surface area contributed by atoms with Crippen LogP contribution in [0.1, 0.15) is 19.4 Å². The lowest BCUT2D eigenvalue weighted by Gasteiger charge is -2.36. The van der Waals surface area contributed by atoms with Gasteiger partial charge in [0.25, 0.3) is 0 Å². The summed E-state index contributed by atoms with van der Waals surface area (Å²) in [5.74, 6) is 2.59. The summed E-state index contributed by atoms with van der Waals surface area (Å²) in [6, 6.07) is 5.91. The van der Waals surface area contributed by atoms with E-state index < -0.39 is 0 Å². The van der Waals surface area contributed by atoms with Crippen LogP contribution in [0.3, 0.4) is 0 Å². The molecule has 0 spiro atoms. The summed E-state index contributed by atoms with van der Waals surface area (Å²) in [6.45, 7) is 8.42. The van der Waals surface area contributed by atoms with E-state index in [9.17, 15) is 4.79 Å². The molecule has 3 rings (SSSR count). The first-order valence-corrected chi connectivity index (χ1v) is 8.34. The molecule has 0 atom stereocenters. The lowest BCUT2D eigenvalue weighted by Crippen LogP contribution is -2.53. The number of hydrogen-bond acceptors (Lipinski definition) is 4. The zero-order chi connectivity index (χ0) is 16.9. The van der Waals surface area contributed by atoms with Crippen LogP contribution < -0.4 is 14.8 Å². The Hall–Kier alpha value is -2.44. The molecule has 1 aromatic rings. The van der Waals surface area contributed by atoms with E-state index in [1.807, 2.05) is 23.1 Å². The van der Waals surface area contributed by atoms with E-state index in [-0.39, 0.29) is 12.7 Å². The second kappa shape index (κ2) is 7.42. The van der Waals surface area contributed by atoms with Gasteiger partial charge in [-0.3, -0.25) is 4.79 Å². The molecule has 0 unspecified atom stereocenters. The van der Waals surface area contributed by atoms with E-state index in [0.717, 1.165) is 55.7 Å². The van der Waals surface area contributed by atoms with E-state index in [1.54, 1.807) is 6.92 Å². The average molecular weight is 332 g/mol. The van der Waals surface area contributed by atoms with Crippen molar-refractivity contribution >= 4 is 11.9 Å². The third-order valence-corrected chi connectivity index (χ3v) is 4.21. The maximum Gasteiger partial charge on any atom is 0.231 e. The van der Waals surface area contributed by atoms with Gasteiger partial charge in [0.05, 0.1) is 6.54 Å². The van der Waals surface area contributed by atoms with Crippen LogP contribution in [-0.2, 0) is 11.3 Å². The zero-order valence-corrected chi connectivity index (χ0v) is 14.2. The molecule has 1 saturated heterocycles. The number of nitrogens with zero attached hydrogens (tertiary/aromatic N) is 3. The standard InChI is InChI=1S/C17H24N4O3/c1-3-18-17(21-8-6-20(7-9-21)13(2)22)19-11-14-4-5-15-16(10-14)24-12-23-15/h4-5,10H,3,6-9,11-12H2,1-2H3,(H,18,19). The first-order valence-electron chi connectivity index (χ1n) is 8.34. The Morgan fingerprint density at radius 2 is 1.88 bits per heavy atom. The van der Waals surface area contributed by atoms with Crippen molar-refractivity contribution in [3.63, 3.8) is 0 Å². The number of carbonyl (C=O) groups excluding carboxylic acids is 1. The van der Waals surface area contributed by atoms with Gasteiger partial charge in [0.15, 0.2) is 17.5 Å². The van der Waals surface area contributed by atoms with Crippen LogP contribution in [0.15, 0.2) is 23.2 Å². The highest BCUT2D eigenvalue weighted by Crippen LogP contribution is 2.32. The number of hydrogen-bond donors (Lipinski definition) is 1. The Bertz CT molecular complexity index is 624. The van der Waals surface area contributed by atoms with Crippen molar-refractivity contribution in [3.8, 4) is 11.5 Å². The largest absolute Gasteiger partial charge is 0.454 e. The summed E-state index contributed by atoms with van der Waals surface area (Å²) in [4.78, 5) is 20.3. The molecule has 2 aliphatic heterocycles. The fraction of sp³-hybridized carbons (Fsp3) is 0.529. The molecule has 1 N–H and O–H groups in total. The fourth-order valence-corrected chi connectivity index (χ4v) is 2.86. The summed E-state index contributed by atoms with van der Waals surface area (Å²) in [7, 11) is 0. The number of ether oxygens (including phenoxy) is 2. The Kier molecular flexibility index (Phi) is 5.08. The van der Waals surface area contributed by atoms with Gasteiger partial charge in [-0.15, -0.1) is 0 Å². The molecule has 0 saturated carbocycles. The summed E-state index contributed by atoms with van der Waals surface area (Å²) >= 11 is 0. The number of carbonyl (C=O) groups is 1. The van der Waals surface area contributed by atoms with Crippen LogP contribution in [0.5, 0.6) is 11.5 Å². The number of aliphatic imine (C=N–C) groups is 1. The topological polar surface area (TPSA) is 66.4 Å². The van der Waals surface area contributed by atoms with Gasteiger partial charge in [-0.1, -0.05) is 6.07 Å². The van der Waals surface area contributed by atoms with Crippen molar-refractivity contribution in [3.05, 3.63) is 23.8 Å².